The van der Waals surface area contributed by atoms with Crippen LogP contribution in [0, 0.1) is 5.82 Å². The molecule has 0 saturated carbocycles. The molecule has 0 saturated heterocycles. The van der Waals surface area contributed by atoms with Crippen LogP contribution in [0.25, 0.3) is 0 Å². The van der Waals surface area contributed by atoms with Crippen molar-refractivity contribution in [3.8, 4) is 11.5 Å². The number of carbonyl (C=O) groups is 2. The number of hydrogen-bond donors (Lipinski definition) is 1. The molecule has 29 heavy (non-hydrogen) atoms. The van der Waals surface area contributed by atoms with Gasteiger partial charge in [0.05, 0.1) is 14.2 Å². The van der Waals surface area contributed by atoms with E-state index in [-0.39, 0.29) is 24.2 Å². The van der Waals surface area contributed by atoms with Gasteiger partial charge in [0.1, 0.15) is 11.9 Å². The second-order valence-corrected chi connectivity index (χ2v) is 6.68. The number of nitrogens with one attached hydrogen (secondary N) is 1. The largest absolute Gasteiger partial charge is 0.493 e. The Morgan fingerprint density at radius 3 is 2.24 bits per heavy atom. The molecule has 156 valence electrons. The number of rotatable bonds is 9. The summed E-state index contributed by atoms with van der Waals surface area (Å²) in [5, 5.41) is 2.86. The summed E-state index contributed by atoms with van der Waals surface area (Å²) in [5.74, 6) is 0.460. The maximum Gasteiger partial charge on any atom is 0.242 e. The monoisotopic (exact) mass is 402 g/mol. The van der Waals surface area contributed by atoms with Crippen molar-refractivity contribution in [1.82, 2.24) is 10.2 Å². The third-order valence-corrected chi connectivity index (χ3v) is 4.68. The van der Waals surface area contributed by atoms with Crippen LogP contribution in [-0.2, 0) is 22.6 Å². The molecular weight excluding hydrogens is 375 g/mol. The molecule has 1 atom stereocenters. The fraction of sp³-hybridized carbons (Fsp3) is 0.364. The Morgan fingerprint density at radius 1 is 1.03 bits per heavy atom. The summed E-state index contributed by atoms with van der Waals surface area (Å²) in [6, 6.07) is 10.8. The van der Waals surface area contributed by atoms with E-state index in [1.807, 2.05) is 18.2 Å². The first-order valence-corrected chi connectivity index (χ1v) is 9.36. The van der Waals surface area contributed by atoms with Crippen LogP contribution in [0.5, 0.6) is 11.5 Å². The first kappa shape index (κ1) is 22.2. The molecule has 2 rings (SSSR count). The number of nitrogens with zero attached hydrogens (tertiary/aromatic N) is 1. The van der Waals surface area contributed by atoms with E-state index in [1.54, 1.807) is 33.3 Å². The summed E-state index contributed by atoms with van der Waals surface area (Å²) in [4.78, 5) is 26.0. The van der Waals surface area contributed by atoms with Crippen LogP contribution < -0.4 is 14.8 Å². The van der Waals surface area contributed by atoms with Gasteiger partial charge in [-0.2, -0.15) is 0 Å². The Balaban J connectivity index is 1.94. The standard InChI is InChI=1S/C22H27FN2O4/c1-15(25(16(2)26)14-18-5-8-19(23)9-6-18)22(27)24-12-11-17-7-10-20(28-3)21(13-17)29-4/h5-10,13,15H,11-12,14H2,1-4H3,(H,24,27)/t15-/m1/s1. The lowest BCUT2D eigenvalue weighted by atomic mass is 10.1. The summed E-state index contributed by atoms with van der Waals surface area (Å²) in [6.07, 6.45) is 0.608. The van der Waals surface area contributed by atoms with Crippen molar-refractivity contribution in [2.24, 2.45) is 0 Å². The lowest BCUT2D eigenvalue weighted by molar-refractivity contribution is -0.138. The smallest absolute Gasteiger partial charge is 0.242 e. The molecule has 0 unspecified atom stereocenters. The highest BCUT2D eigenvalue weighted by molar-refractivity contribution is 5.86. The predicted molar refractivity (Wildman–Crippen MR) is 108 cm³/mol. The summed E-state index contributed by atoms with van der Waals surface area (Å²) >= 11 is 0. The molecule has 0 bridgehead atoms. The Labute approximate surface area is 170 Å². The van der Waals surface area contributed by atoms with Crippen molar-refractivity contribution in [3.05, 3.63) is 59.4 Å². The lowest BCUT2D eigenvalue weighted by Crippen LogP contribution is -2.47. The highest BCUT2D eigenvalue weighted by Gasteiger charge is 2.23. The van der Waals surface area contributed by atoms with E-state index in [4.69, 9.17) is 9.47 Å². The Hall–Kier alpha value is -3.09. The number of amides is 2. The maximum absolute atomic E-state index is 13.1. The molecule has 0 aliphatic heterocycles. The van der Waals surface area contributed by atoms with Gasteiger partial charge >= 0.3 is 0 Å². The molecule has 0 aromatic heterocycles. The van der Waals surface area contributed by atoms with Gasteiger partial charge in [0.15, 0.2) is 11.5 Å². The van der Waals surface area contributed by atoms with E-state index >= 15 is 0 Å². The zero-order chi connectivity index (χ0) is 21.4. The Bertz CT molecular complexity index is 839. The van der Waals surface area contributed by atoms with Gasteiger partial charge < -0.3 is 19.7 Å². The summed E-state index contributed by atoms with van der Waals surface area (Å²) in [5.41, 5.74) is 1.75. The number of ether oxygens (including phenoxy) is 2. The molecule has 0 spiro atoms. The van der Waals surface area contributed by atoms with Gasteiger partial charge in [-0.1, -0.05) is 18.2 Å². The van der Waals surface area contributed by atoms with Crippen molar-refractivity contribution in [1.29, 1.82) is 0 Å². The van der Waals surface area contributed by atoms with Gasteiger partial charge in [-0.3, -0.25) is 9.59 Å². The number of benzene rings is 2. The molecular formula is C22H27FN2O4. The average Bonchev–Trinajstić information content (AvgIpc) is 2.72. The molecule has 0 fully saturated rings. The molecule has 2 aromatic rings. The van der Waals surface area contributed by atoms with E-state index < -0.39 is 6.04 Å². The van der Waals surface area contributed by atoms with Gasteiger partial charge in [0.25, 0.3) is 0 Å². The minimum Gasteiger partial charge on any atom is -0.493 e. The summed E-state index contributed by atoms with van der Waals surface area (Å²) in [7, 11) is 3.15. The number of halogens is 1. The number of methoxy groups -OCH3 is 2. The topological polar surface area (TPSA) is 67.9 Å². The Kier molecular flexibility index (Phi) is 8.00. The van der Waals surface area contributed by atoms with Crippen molar-refractivity contribution < 1.29 is 23.5 Å². The lowest BCUT2D eigenvalue weighted by Gasteiger charge is -2.27. The van der Waals surface area contributed by atoms with Gasteiger partial charge in [-0.25, -0.2) is 4.39 Å². The minimum absolute atomic E-state index is 0.225. The van der Waals surface area contributed by atoms with E-state index in [1.165, 1.54) is 24.0 Å². The first-order valence-electron chi connectivity index (χ1n) is 9.36. The molecule has 1 N–H and O–H groups in total. The van der Waals surface area contributed by atoms with Crippen molar-refractivity contribution in [2.45, 2.75) is 32.9 Å². The van der Waals surface area contributed by atoms with Gasteiger partial charge in [-0.05, 0) is 48.7 Å². The fourth-order valence-corrected chi connectivity index (χ4v) is 2.96. The third kappa shape index (κ3) is 6.20. The zero-order valence-corrected chi connectivity index (χ0v) is 17.2. The van der Waals surface area contributed by atoms with Gasteiger partial charge in [0.2, 0.25) is 11.8 Å². The molecule has 0 aliphatic rings. The van der Waals surface area contributed by atoms with E-state index in [0.717, 1.165) is 11.1 Å². The summed E-state index contributed by atoms with van der Waals surface area (Å²) < 4.78 is 23.6. The second-order valence-electron chi connectivity index (χ2n) is 6.68. The quantitative estimate of drug-likeness (QED) is 0.700. The van der Waals surface area contributed by atoms with Crippen LogP contribution in [0.1, 0.15) is 25.0 Å². The summed E-state index contributed by atoms with van der Waals surface area (Å²) in [6.45, 7) is 3.74. The van der Waals surface area contributed by atoms with Crippen LogP contribution in [0.2, 0.25) is 0 Å². The molecule has 6 nitrogen and oxygen atoms in total. The van der Waals surface area contributed by atoms with Crippen LogP contribution in [0.4, 0.5) is 4.39 Å². The van der Waals surface area contributed by atoms with E-state index in [0.29, 0.717) is 24.5 Å². The van der Waals surface area contributed by atoms with Crippen molar-refractivity contribution >= 4 is 11.8 Å². The highest BCUT2D eigenvalue weighted by atomic mass is 19.1. The molecule has 2 amide bonds. The third-order valence-electron chi connectivity index (χ3n) is 4.68. The predicted octanol–water partition coefficient (Wildman–Crippen LogP) is 2.94. The molecule has 0 aliphatic carbocycles. The average molecular weight is 402 g/mol. The second kappa shape index (κ2) is 10.5. The Morgan fingerprint density at radius 2 is 1.66 bits per heavy atom. The van der Waals surface area contributed by atoms with Crippen molar-refractivity contribution in [2.75, 3.05) is 20.8 Å². The van der Waals surface area contributed by atoms with Gasteiger partial charge in [0, 0.05) is 20.0 Å². The van der Waals surface area contributed by atoms with Crippen LogP contribution in [0.3, 0.4) is 0 Å². The molecule has 0 heterocycles. The normalized spacial score (nSPS) is 11.5. The van der Waals surface area contributed by atoms with Crippen LogP contribution in [0.15, 0.2) is 42.5 Å². The SMILES string of the molecule is COc1ccc(CCNC(=O)[C@@H](C)N(Cc2ccc(F)cc2)C(C)=O)cc1OC. The molecule has 0 radical (unpaired) electrons. The number of hydrogen-bond acceptors (Lipinski definition) is 4. The number of carbonyl (C=O) groups excluding carboxylic acids is 2. The molecule has 7 heteroatoms. The van der Waals surface area contributed by atoms with Gasteiger partial charge in [-0.15, -0.1) is 0 Å². The van der Waals surface area contributed by atoms with Crippen LogP contribution in [-0.4, -0.2) is 43.5 Å². The zero-order valence-electron chi connectivity index (χ0n) is 17.2. The van der Waals surface area contributed by atoms with E-state index in [2.05, 4.69) is 5.32 Å². The van der Waals surface area contributed by atoms with Crippen LogP contribution >= 0.6 is 0 Å². The van der Waals surface area contributed by atoms with E-state index in [9.17, 15) is 14.0 Å². The van der Waals surface area contributed by atoms with Crippen molar-refractivity contribution in [3.63, 3.8) is 0 Å². The minimum atomic E-state index is -0.650. The maximum atomic E-state index is 13.1. The fourth-order valence-electron chi connectivity index (χ4n) is 2.96. The molecule has 2 aromatic carbocycles. The highest BCUT2D eigenvalue weighted by Crippen LogP contribution is 2.27. The first-order chi connectivity index (χ1) is 13.8.